The molecule has 1 heterocycles. The molecule has 4 aromatic rings. The second kappa shape index (κ2) is 11.9. The zero-order valence-corrected chi connectivity index (χ0v) is 21.4. The maximum absolute atomic E-state index is 12.7. The van der Waals surface area contributed by atoms with Gasteiger partial charge in [0.2, 0.25) is 0 Å². The van der Waals surface area contributed by atoms with Crippen molar-refractivity contribution < 1.29 is 14.3 Å². The molecule has 0 radical (unpaired) electrons. The summed E-state index contributed by atoms with van der Waals surface area (Å²) in [5.41, 5.74) is 3.93. The Morgan fingerprint density at radius 3 is 2.42 bits per heavy atom. The van der Waals surface area contributed by atoms with Crippen molar-refractivity contribution >= 4 is 34.0 Å². The number of carbonyl (C=O) groups is 2. The number of rotatable bonds is 8. The lowest BCUT2D eigenvalue weighted by atomic mass is 9.90. The predicted molar refractivity (Wildman–Crippen MR) is 150 cm³/mol. The molecule has 7 nitrogen and oxygen atoms in total. The summed E-state index contributed by atoms with van der Waals surface area (Å²) >= 11 is 0. The minimum atomic E-state index is -0.426. The van der Waals surface area contributed by atoms with Crippen LogP contribution in [0.25, 0.3) is 10.8 Å². The number of anilines is 2. The maximum Gasteiger partial charge on any atom is 0.337 e. The SMILES string of the molecule is COC(=O)c1ccc(C(=O)Nc2cccc(CNC3CCC(Nc4cccc5cnccc45)CC3)c2)cc1. The van der Waals surface area contributed by atoms with Crippen LogP contribution in [0.15, 0.2) is 85.2 Å². The van der Waals surface area contributed by atoms with Gasteiger partial charge in [-0.25, -0.2) is 4.79 Å². The Bertz CT molecular complexity index is 1410. The molecular weight excluding hydrogens is 476 g/mol. The van der Waals surface area contributed by atoms with Gasteiger partial charge in [-0.15, -0.1) is 0 Å². The quantitative estimate of drug-likeness (QED) is 0.261. The van der Waals surface area contributed by atoms with Crippen molar-refractivity contribution in [3.05, 3.63) is 102 Å². The average molecular weight is 509 g/mol. The molecule has 1 saturated carbocycles. The predicted octanol–water partition coefficient (Wildman–Crippen LogP) is 5.79. The van der Waals surface area contributed by atoms with E-state index in [1.165, 1.54) is 18.2 Å². The van der Waals surface area contributed by atoms with Gasteiger partial charge in [0.05, 0.1) is 12.7 Å². The summed E-state index contributed by atoms with van der Waals surface area (Å²) in [6.45, 7) is 0.747. The summed E-state index contributed by atoms with van der Waals surface area (Å²) in [5.74, 6) is -0.649. The van der Waals surface area contributed by atoms with Crippen LogP contribution >= 0.6 is 0 Å². The minimum Gasteiger partial charge on any atom is -0.465 e. The number of fused-ring (bicyclic) bond motifs is 1. The molecule has 1 aliphatic carbocycles. The van der Waals surface area contributed by atoms with E-state index in [1.807, 2.05) is 30.6 Å². The molecule has 1 aromatic heterocycles. The number of pyridine rings is 1. The zero-order valence-electron chi connectivity index (χ0n) is 21.4. The summed E-state index contributed by atoms with van der Waals surface area (Å²) in [6.07, 6.45) is 8.21. The first-order valence-electron chi connectivity index (χ1n) is 13.0. The molecule has 0 aliphatic heterocycles. The van der Waals surface area contributed by atoms with Crippen molar-refractivity contribution in [2.75, 3.05) is 17.7 Å². The second-order valence-corrected chi connectivity index (χ2v) is 9.70. The van der Waals surface area contributed by atoms with E-state index in [-0.39, 0.29) is 5.91 Å². The lowest BCUT2D eigenvalue weighted by Crippen LogP contribution is -2.36. The molecule has 3 N–H and O–H groups in total. The number of hydrogen-bond donors (Lipinski definition) is 3. The van der Waals surface area contributed by atoms with Crippen LogP contribution in [0, 0.1) is 0 Å². The van der Waals surface area contributed by atoms with E-state index in [0.717, 1.165) is 48.9 Å². The van der Waals surface area contributed by atoms with Crippen LogP contribution in [0.4, 0.5) is 11.4 Å². The lowest BCUT2D eigenvalue weighted by Gasteiger charge is -2.30. The number of esters is 1. The normalized spacial score (nSPS) is 17.1. The van der Waals surface area contributed by atoms with Crippen molar-refractivity contribution in [2.24, 2.45) is 0 Å². The van der Waals surface area contributed by atoms with Gasteiger partial charge in [-0.05, 0) is 79.8 Å². The van der Waals surface area contributed by atoms with Gasteiger partial charge in [-0.3, -0.25) is 9.78 Å². The van der Waals surface area contributed by atoms with Crippen molar-refractivity contribution in [3.63, 3.8) is 0 Å². The van der Waals surface area contributed by atoms with Crippen LogP contribution in [0.5, 0.6) is 0 Å². The van der Waals surface area contributed by atoms with Crippen LogP contribution in [0.1, 0.15) is 52.0 Å². The van der Waals surface area contributed by atoms with E-state index >= 15 is 0 Å². The molecule has 194 valence electrons. The maximum atomic E-state index is 12.7. The van der Waals surface area contributed by atoms with Gasteiger partial charge in [-0.2, -0.15) is 0 Å². The first kappa shape index (κ1) is 25.4. The first-order chi connectivity index (χ1) is 18.6. The van der Waals surface area contributed by atoms with E-state index in [9.17, 15) is 9.59 Å². The number of methoxy groups -OCH3 is 1. The number of hydrogen-bond acceptors (Lipinski definition) is 6. The number of ether oxygens (including phenoxy) is 1. The molecule has 3 aromatic carbocycles. The Morgan fingerprint density at radius 1 is 0.895 bits per heavy atom. The van der Waals surface area contributed by atoms with Gasteiger partial charge in [0.15, 0.2) is 0 Å². The molecule has 1 fully saturated rings. The fourth-order valence-electron chi connectivity index (χ4n) is 5.01. The summed E-state index contributed by atoms with van der Waals surface area (Å²) in [4.78, 5) is 28.5. The molecule has 7 heteroatoms. The van der Waals surface area contributed by atoms with E-state index in [4.69, 9.17) is 4.74 Å². The van der Waals surface area contributed by atoms with Gasteiger partial charge in [0.1, 0.15) is 0 Å². The number of carbonyl (C=O) groups excluding carboxylic acids is 2. The number of nitrogens with one attached hydrogen (secondary N) is 3. The number of amides is 1. The molecule has 0 unspecified atom stereocenters. The molecule has 1 amide bonds. The molecule has 0 saturated heterocycles. The van der Waals surface area contributed by atoms with E-state index < -0.39 is 5.97 Å². The highest BCUT2D eigenvalue weighted by Gasteiger charge is 2.21. The fourth-order valence-corrected chi connectivity index (χ4v) is 5.01. The molecule has 5 rings (SSSR count). The summed E-state index contributed by atoms with van der Waals surface area (Å²) < 4.78 is 4.70. The third-order valence-corrected chi connectivity index (χ3v) is 7.12. The van der Waals surface area contributed by atoms with Crippen LogP contribution in [-0.4, -0.2) is 36.1 Å². The number of benzene rings is 3. The van der Waals surface area contributed by atoms with E-state index in [1.54, 1.807) is 24.3 Å². The van der Waals surface area contributed by atoms with Gasteiger partial charge in [0.25, 0.3) is 5.91 Å². The van der Waals surface area contributed by atoms with Crippen molar-refractivity contribution in [1.82, 2.24) is 10.3 Å². The molecule has 0 spiro atoms. The summed E-state index contributed by atoms with van der Waals surface area (Å²) in [7, 11) is 1.33. The van der Waals surface area contributed by atoms with Crippen molar-refractivity contribution in [3.8, 4) is 0 Å². The van der Waals surface area contributed by atoms with E-state index in [0.29, 0.717) is 23.2 Å². The third kappa shape index (κ3) is 6.18. The minimum absolute atomic E-state index is 0.222. The molecular formula is C31H32N4O3. The fraction of sp³-hybridized carbons (Fsp3) is 0.258. The highest BCUT2D eigenvalue weighted by atomic mass is 16.5. The number of aromatic nitrogens is 1. The number of nitrogens with zero attached hydrogens (tertiary/aromatic N) is 1. The summed E-state index contributed by atoms with van der Waals surface area (Å²) in [5, 5.41) is 12.8. The molecule has 0 bridgehead atoms. The van der Waals surface area contributed by atoms with Gasteiger partial charge in [0, 0.05) is 58.7 Å². The average Bonchev–Trinajstić information content (AvgIpc) is 2.97. The smallest absolute Gasteiger partial charge is 0.337 e. The van der Waals surface area contributed by atoms with Crippen LogP contribution in [0.3, 0.4) is 0 Å². The lowest BCUT2D eigenvalue weighted by molar-refractivity contribution is 0.0600. The molecule has 0 atom stereocenters. The standard InChI is InChI=1S/C31H32N4O3/c1-38-31(37)23-10-8-22(9-11-23)30(36)35-27-6-2-4-21(18-27)19-33-25-12-14-26(15-13-25)34-29-7-3-5-24-20-32-17-16-28(24)29/h2-11,16-18,20,25-26,33-34H,12-15,19H2,1H3,(H,35,36). The Labute approximate surface area is 222 Å². The Hall–Kier alpha value is -4.23. The van der Waals surface area contributed by atoms with Crippen molar-refractivity contribution in [1.29, 1.82) is 0 Å². The second-order valence-electron chi connectivity index (χ2n) is 9.70. The Balaban J connectivity index is 1.10. The van der Waals surface area contributed by atoms with Gasteiger partial charge in [-0.1, -0.05) is 24.3 Å². The van der Waals surface area contributed by atoms with Crippen LogP contribution in [-0.2, 0) is 11.3 Å². The zero-order chi connectivity index (χ0) is 26.3. The Kier molecular flexibility index (Phi) is 7.95. The highest BCUT2D eigenvalue weighted by molar-refractivity contribution is 6.04. The molecule has 1 aliphatic rings. The largest absolute Gasteiger partial charge is 0.465 e. The first-order valence-corrected chi connectivity index (χ1v) is 13.0. The molecule has 38 heavy (non-hydrogen) atoms. The summed E-state index contributed by atoms with van der Waals surface area (Å²) in [6, 6.07) is 23.6. The topological polar surface area (TPSA) is 92.4 Å². The van der Waals surface area contributed by atoms with Gasteiger partial charge < -0.3 is 20.7 Å². The van der Waals surface area contributed by atoms with Crippen LogP contribution in [0.2, 0.25) is 0 Å². The monoisotopic (exact) mass is 508 g/mol. The Morgan fingerprint density at radius 2 is 1.63 bits per heavy atom. The van der Waals surface area contributed by atoms with Crippen molar-refractivity contribution in [2.45, 2.75) is 44.3 Å². The van der Waals surface area contributed by atoms with Gasteiger partial charge >= 0.3 is 5.97 Å². The van der Waals surface area contributed by atoms with E-state index in [2.05, 4.69) is 51.3 Å². The van der Waals surface area contributed by atoms with Crippen LogP contribution < -0.4 is 16.0 Å². The third-order valence-electron chi connectivity index (χ3n) is 7.12. The highest BCUT2D eigenvalue weighted by Crippen LogP contribution is 2.27.